The minimum atomic E-state index is -0.226. The Morgan fingerprint density at radius 2 is 2.00 bits per heavy atom. The van der Waals surface area contributed by atoms with Gasteiger partial charge in [-0.25, -0.2) is 0 Å². The lowest BCUT2D eigenvalue weighted by Crippen LogP contribution is -2.12. The zero-order chi connectivity index (χ0) is 12.3. The number of rotatable bonds is 3. The van der Waals surface area contributed by atoms with Crippen LogP contribution >= 0.6 is 0 Å². The van der Waals surface area contributed by atoms with Crippen LogP contribution in [0.2, 0.25) is 0 Å². The molecule has 2 rings (SSSR count). The van der Waals surface area contributed by atoms with E-state index < -0.39 is 0 Å². The molecule has 0 atom stereocenters. The normalized spacial score (nSPS) is 10.0. The van der Waals surface area contributed by atoms with Crippen LogP contribution in [0, 0.1) is 0 Å². The number of carbonyl (C=O) groups is 1. The van der Waals surface area contributed by atoms with E-state index in [4.69, 9.17) is 4.74 Å². The number of aryl methyl sites for hydroxylation is 1. The van der Waals surface area contributed by atoms with Gasteiger partial charge in [0, 0.05) is 18.9 Å². The van der Waals surface area contributed by atoms with Crippen molar-refractivity contribution >= 4 is 11.6 Å². The summed E-state index contributed by atoms with van der Waals surface area (Å²) in [6.07, 6.45) is 1.73. The molecule has 88 valence electrons. The predicted octanol–water partition coefficient (Wildman–Crippen LogP) is 1.68. The average molecular weight is 231 g/mol. The first-order valence-electron chi connectivity index (χ1n) is 5.14. The Labute approximate surface area is 99.0 Å². The molecular formula is C12H13N3O2. The van der Waals surface area contributed by atoms with E-state index in [1.807, 2.05) is 0 Å². The van der Waals surface area contributed by atoms with Crippen molar-refractivity contribution in [1.82, 2.24) is 9.78 Å². The number of nitrogens with zero attached hydrogens (tertiary/aromatic N) is 2. The lowest BCUT2D eigenvalue weighted by Gasteiger charge is -2.04. The number of ether oxygens (including phenoxy) is 1. The van der Waals surface area contributed by atoms with E-state index in [0.29, 0.717) is 11.4 Å². The predicted molar refractivity (Wildman–Crippen MR) is 64.2 cm³/mol. The molecule has 0 fully saturated rings. The first-order chi connectivity index (χ1) is 8.19. The number of hydrogen-bond donors (Lipinski definition) is 1. The number of amides is 1. The van der Waals surface area contributed by atoms with Gasteiger partial charge in [-0.2, -0.15) is 5.10 Å². The number of nitrogens with one attached hydrogen (secondary N) is 1. The van der Waals surface area contributed by atoms with Crippen molar-refractivity contribution in [2.45, 2.75) is 0 Å². The van der Waals surface area contributed by atoms with Crippen LogP contribution in [0.15, 0.2) is 36.5 Å². The second-order valence-electron chi connectivity index (χ2n) is 3.56. The second-order valence-corrected chi connectivity index (χ2v) is 3.56. The molecule has 0 aliphatic rings. The van der Waals surface area contributed by atoms with Gasteiger partial charge in [0.1, 0.15) is 5.75 Å². The van der Waals surface area contributed by atoms with Gasteiger partial charge in [0.15, 0.2) is 5.69 Å². The number of hydrogen-bond acceptors (Lipinski definition) is 3. The number of aromatic nitrogens is 2. The van der Waals surface area contributed by atoms with E-state index in [9.17, 15) is 4.79 Å². The summed E-state index contributed by atoms with van der Waals surface area (Å²) in [7, 11) is 3.37. The third kappa shape index (κ3) is 2.63. The van der Waals surface area contributed by atoms with Crippen molar-refractivity contribution in [3.05, 3.63) is 42.2 Å². The van der Waals surface area contributed by atoms with Crippen LogP contribution in [-0.4, -0.2) is 22.8 Å². The molecule has 0 aliphatic heterocycles. The van der Waals surface area contributed by atoms with Crippen molar-refractivity contribution in [2.24, 2.45) is 7.05 Å². The molecule has 1 amide bonds. The van der Waals surface area contributed by atoms with E-state index >= 15 is 0 Å². The highest BCUT2D eigenvalue weighted by Crippen LogP contribution is 2.15. The molecule has 0 unspecified atom stereocenters. The summed E-state index contributed by atoms with van der Waals surface area (Å²) in [5, 5.41) is 6.77. The van der Waals surface area contributed by atoms with Crippen molar-refractivity contribution in [1.29, 1.82) is 0 Å². The van der Waals surface area contributed by atoms with Crippen molar-refractivity contribution in [3.63, 3.8) is 0 Å². The van der Waals surface area contributed by atoms with Gasteiger partial charge in [-0.3, -0.25) is 9.48 Å². The van der Waals surface area contributed by atoms with Gasteiger partial charge < -0.3 is 10.1 Å². The molecule has 17 heavy (non-hydrogen) atoms. The summed E-state index contributed by atoms with van der Waals surface area (Å²) >= 11 is 0. The van der Waals surface area contributed by atoms with Gasteiger partial charge in [0.2, 0.25) is 0 Å². The number of anilines is 1. The summed E-state index contributed by atoms with van der Waals surface area (Å²) in [6, 6.07) is 8.79. The number of carbonyl (C=O) groups excluding carboxylic acids is 1. The van der Waals surface area contributed by atoms with E-state index in [0.717, 1.165) is 5.75 Å². The van der Waals surface area contributed by atoms with Crippen molar-refractivity contribution < 1.29 is 9.53 Å². The molecule has 2 aromatic rings. The van der Waals surface area contributed by atoms with Gasteiger partial charge in [-0.15, -0.1) is 0 Å². The SMILES string of the molecule is COc1ccc(NC(=O)c2ccn(C)n2)cc1. The van der Waals surface area contributed by atoms with E-state index in [2.05, 4.69) is 10.4 Å². The van der Waals surface area contributed by atoms with Crippen LogP contribution in [0.5, 0.6) is 5.75 Å². The summed E-state index contributed by atoms with van der Waals surface area (Å²) in [5.41, 5.74) is 1.10. The van der Waals surface area contributed by atoms with Gasteiger partial charge in [0.05, 0.1) is 7.11 Å². The van der Waals surface area contributed by atoms with Crippen LogP contribution in [0.25, 0.3) is 0 Å². The van der Waals surface area contributed by atoms with E-state index in [1.165, 1.54) is 0 Å². The Bertz CT molecular complexity index is 517. The van der Waals surface area contributed by atoms with Crippen molar-refractivity contribution in [3.8, 4) is 5.75 Å². The topological polar surface area (TPSA) is 56.1 Å². The minimum absolute atomic E-state index is 0.226. The Morgan fingerprint density at radius 3 is 2.53 bits per heavy atom. The molecule has 1 aromatic heterocycles. The van der Waals surface area contributed by atoms with Crippen LogP contribution < -0.4 is 10.1 Å². The molecule has 0 aliphatic carbocycles. The summed E-state index contributed by atoms with van der Waals surface area (Å²) < 4.78 is 6.62. The largest absolute Gasteiger partial charge is 0.497 e. The average Bonchev–Trinajstić information content (AvgIpc) is 2.77. The second kappa shape index (κ2) is 4.69. The van der Waals surface area contributed by atoms with Crippen LogP contribution in [0.3, 0.4) is 0 Å². The lowest BCUT2D eigenvalue weighted by atomic mass is 10.3. The zero-order valence-corrected chi connectivity index (χ0v) is 9.68. The minimum Gasteiger partial charge on any atom is -0.497 e. The fourth-order valence-corrected chi connectivity index (χ4v) is 1.41. The third-order valence-electron chi connectivity index (χ3n) is 2.29. The first kappa shape index (κ1) is 11.2. The van der Waals surface area contributed by atoms with Crippen LogP contribution in [-0.2, 0) is 7.05 Å². The maximum atomic E-state index is 11.8. The highest BCUT2D eigenvalue weighted by atomic mass is 16.5. The quantitative estimate of drug-likeness (QED) is 0.874. The highest BCUT2D eigenvalue weighted by molar-refractivity contribution is 6.02. The van der Waals surface area contributed by atoms with Crippen LogP contribution in [0.4, 0.5) is 5.69 Å². The smallest absolute Gasteiger partial charge is 0.276 e. The first-order valence-corrected chi connectivity index (χ1v) is 5.14. The zero-order valence-electron chi connectivity index (χ0n) is 9.68. The van der Waals surface area contributed by atoms with Gasteiger partial charge in [-0.1, -0.05) is 0 Å². The number of benzene rings is 1. The molecular weight excluding hydrogens is 218 g/mol. The molecule has 0 bridgehead atoms. The van der Waals surface area contributed by atoms with Gasteiger partial charge in [0.25, 0.3) is 5.91 Å². The molecule has 5 heteroatoms. The summed E-state index contributed by atoms with van der Waals surface area (Å²) in [6.45, 7) is 0. The van der Waals surface area contributed by atoms with Gasteiger partial charge in [-0.05, 0) is 30.3 Å². The molecule has 0 radical (unpaired) electrons. The Morgan fingerprint density at radius 1 is 1.29 bits per heavy atom. The lowest BCUT2D eigenvalue weighted by molar-refractivity contribution is 0.102. The molecule has 1 N–H and O–H groups in total. The van der Waals surface area contributed by atoms with Crippen LogP contribution in [0.1, 0.15) is 10.5 Å². The Balaban J connectivity index is 2.07. The summed E-state index contributed by atoms with van der Waals surface area (Å²) in [4.78, 5) is 11.8. The Kier molecular flexibility index (Phi) is 3.09. The molecule has 0 saturated heterocycles. The monoisotopic (exact) mass is 231 g/mol. The standard InChI is InChI=1S/C12H13N3O2/c1-15-8-7-11(14-15)12(16)13-9-3-5-10(17-2)6-4-9/h3-8H,1-2H3,(H,13,16). The molecule has 0 spiro atoms. The molecule has 0 saturated carbocycles. The fraction of sp³-hybridized carbons (Fsp3) is 0.167. The maximum Gasteiger partial charge on any atom is 0.276 e. The summed E-state index contributed by atoms with van der Waals surface area (Å²) in [5.74, 6) is 0.525. The number of methoxy groups -OCH3 is 1. The molecule has 1 heterocycles. The molecule has 5 nitrogen and oxygen atoms in total. The molecule has 1 aromatic carbocycles. The van der Waals surface area contributed by atoms with Crippen molar-refractivity contribution in [2.75, 3.05) is 12.4 Å². The fourth-order valence-electron chi connectivity index (χ4n) is 1.41. The third-order valence-corrected chi connectivity index (χ3v) is 2.29. The maximum absolute atomic E-state index is 11.8. The Hall–Kier alpha value is -2.30. The van der Waals surface area contributed by atoms with E-state index in [-0.39, 0.29) is 5.91 Å². The highest BCUT2D eigenvalue weighted by Gasteiger charge is 2.08. The van der Waals surface area contributed by atoms with E-state index in [1.54, 1.807) is 55.4 Å². The van der Waals surface area contributed by atoms with Gasteiger partial charge >= 0.3 is 0 Å².